The van der Waals surface area contributed by atoms with E-state index in [1.165, 1.54) is 0 Å². The summed E-state index contributed by atoms with van der Waals surface area (Å²) >= 11 is 0. The van der Waals surface area contributed by atoms with Crippen LogP contribution in [0.15, 0.2) is 35.1 Å². The van der Waals surface area contributed by atoms with Gasteiger partial charge in [0.2, 0.25) is 0 Å². The van der Waals surface area contributed by atoms with Crippen molar-refractivity contribution in [1.82, 2.24) is 25.0 Å². The molecule has 8 nitrogen and oxygen atoms in total. The van der Waals surface area contributed by atoms with Crippen LogP contribution in [0.1, 0.15) is 43.5 Å². The molecule has 2 amide bonds. The number of halogens is 4. The maximum atomic E-state index is 13.6. The quantitative estimate of drug-likeness (QED) is 0.539. The molecule has 34 heavy (non-hydrogen) atoms. The molecule has 1 saturated carbocycles. The van der Waals surface area contributed by atoms with Crippen LogP contribution in [0, 0.1) is 18.7 Å². The van der Waals surface area contributed by atoms with Gasteiger partial charge in [0.1, 0.15) is 5.54 Å². The van der Waals surface area contributed by atoms with E-state index in [1.54, 1.807) is 11.8 Å². The van der Waals surface area contributed by atoms with E-state index in [2.05, 4.69) is 32.3 Å². The van der Waals surface area contributed by atoms with Gasteiger partial charge >= 0.3 is 12.2 Å². The minimum atomic E-state index is -4.69. The van der Waals surface area contributed by atoms with E-state index < -0.39 is 29.1 Å². The number of carbonyl (C=O) groups is 1. The molecule has 3 unspecified atom stereocenters. The fourth-order valence-electron chi connectivity index (χ4n) is 5.12. The Kier molecular flexibility index (Phi) is 5.06. The number of piperidine rings is 1. The fourth-order valence-corrected chi connectivity index (χ4v) is 5.12. The second-order valence-electron chi connectivity index (χ2n) is 8.86. The molecule has 1 N–H and O–H groups in total. The van der Waals surface area contributed by atoms with Crippen molar-refractivity contribution in [2.24, 2.45) is 5.92 Å². The van der Waals surface area contributed by atoms with Gasteiger partial charge in [0.25, 0.3) is 5.89 Å². The molecule has 1 saturated heterocycles. The van der Waals surface area contributed by atoms with Gasteiger partial charge in [0, 0.05) is 23.7 Å². The molecule has 5 rings (SSSR count). The zero-order chi connectivity index (χ0) is 24.3. The van der Waals surface area contributed by atoms with Crippen molar-refractivity contribution in [2.75, 3.05) is 5.32 Å². The zero-order valence-electron chi connectivity index (χ0n) is 18.2. The largest absolute Gasteiger partial charge is 0.417 e. The second kappa shape index (κ2) is 7.74. The number of fused-ring (bicyclic) bond motifs is 2. The predicted octanol–water partition coefficient (Wildman–Crippen LogP) is 4.92. The van der Waals surface area contributed by atoms with Crippen molar-refractivity contribution in [3.63, 3.8) is 0 Å². The molecular weight excluding hydrogens is 456 g/mol. The van der Waals surface area contributed by atoms with Crippen LogP contribution in [-0.2, 0) is 11.7 Å². The number of likely N-dealkylation sites (tertiary alicyclic amines) is 1. The standard InChI is InChI=1S/C22H20F4N6O2/c1-11-5-15-8-21(7-11,19-29-12(2)31-34-19)32(15)20(33)30-14-3-4-17(22(24,25)26)16(6-14)18-27-9-13(23)10-28-18/h3-4,6,9-11,15H,5,7-8H2,1-2H3,(H,30,33). The number of carbonyl (C=O) groups excluding carboxylic acids is 1. The van der Waals surface area contributed by atoms with Gasteiger partial charge in [-0.2, -0.15) is 18.2 Å². The Bertz CT molecular complexity index is 1240. The Morgan fingerprint density at radius 2 is 1.97 bits per heavy atom. The molecule has 178 valence electrons. The Hall–Kier alpha value is -3.57. The lowest BCUT2D eigenvalue weighted by Gasteiger charge is -2.61. The van der Waals surface area contributed by atoms with Crippen LogP contribution in [0.25, 0.3) is 11.4 Å². The molecule has 1 aromatic carbocycles. The van der Waals surface area contributed by atoms with E-state index in [9.17, 15) is 22.4 Å². The fraction of sp³-hybridized carbons (Fsp3) is 0.409. The molecule has 0 spiro atoms. The number of aryl methyl sites for hydroxylation is 1. The highest BCUT2D eigenvalue weighted by Gasteiger charge is 2.62. The number of alkyl halides is 3. The molecular formula is C22H20F4N6O2. The number of hydrogen-bond donors (Lipinski definition) is 1. The number of amides is 2. The van der Waals surface area contributed by atoms with E-state index in [0.717, 1.165) is 37.0 Å². The summed E-state index contributed by atoms with van der Waals surface area (Å²) in [4.78, 5) is 26.6. The van der Waals surface area contributed by atoms with Crippen LogP contribution in [0.5, 0.6) is 0 Å². The summed E-state index contributed by atoms with van der Waals surface area (Å²) in [6, 6.07) is 2.61. The van der Waals surface area contributed by atoms with Gasteiger partial charge in [-0.25, -0.2) is 19.2 Å². The molecule has 0 radical (unpaired) electrons. The zero-order valence-corrected chi connectivity index (χ0v) is 18.2. The summed E-state index contributed by atoms with van der Waals surface area (Å²) in [6.07, 6.45) is -1.02. The van der Waals surface area contributed by atoms with Crippen molar-refractivity contribution < 1.29 is 26.9 Å². The smallest absolute Gasteiger partial charge is 0.337 e. The van der Waals surface area contributed by atoms with Crippen LogP contribution < -0.4 is 5.32 Å². The van der Waals surface area contributed by atoms with Crippen molar-refractivity contribution in [2.45, 2.75) is 50.9 Å². The highest BCUT2D eigenvalue weighted by Crippen LogP contribution is 2.55. The highest BCUT2D eigenvalue weighted by atomic mass is 19.4. The molecule has 1 aliphatic heterocycles. The van der Waals surface area contributed by atoms with Gasteiger partial charge in [0.15, 0.2) is 17.5 Å². The van der Waals surface area contributed by atoms with E-state index in [1.807, 2.05) is 0 Å². The van der Waals surface area contributed by atoms with Gasteiger partial charge in [0.05, 0.1) is 18.0 Å². The van der Waals surface area contributed by atoms with Gasteiger partial charge in [-0.15, -0.1) is 0 Å². The molecule has 3 atom stereocenters. The summed E-state index contributed by atoms with van der Waals surface area (Å²) in [7, 11) is 0. The van der Waals surface area contributed by atoms with Gasteiger partial charge in [-0.05, 0) is 43.9 Å². The first kappa shape index (κ1) is 22.2. The third kappa shape index (κ3) is 3.66. The number of nitrogens with zero attached hydrogens (tertiary/aromatic N) is 5. The van der Waals surface area contributed by atoms with Crippen LogP contribution in [-0.4, -0.2) is 37.1 Å². The summed E-state index contributed by atoms with van der Waals surface area (Å²) in [5.41, 5.74) is -1.99. The molecule has 3 aromatic rings. The minimum absolute atomic E-state index is 0.0506. The molecule has 2 fully saturated rings. The Morgan fingerprint density at radius 1 is 1.24 bits per heavy atom. The van der Waals surface area contributed by atoms with Crippen LogP contribution >= 0.6 is 0 Å². The maximum Gasteiger partial charge on any atom is 0.417 e. The monoisotopic (exact) mass is 476 g/mol. The average Bonchev–Trinajstić information content (AvgIpc) is 3.19. The Balaban J connectivity index is 1.47. The van der Waals surface area contributed by atoms with Gasteiger partial charge in [-0.3, -0.25) is 0 Å². The number of benzene rings is 1. The summed E-state index contributed by atoms with van der Waals surface area (Å²) in [5.74, 6) is 0.0660. The van der Waals surface area contributed by atoms with Crippen molar-refractivity contribution in [3.05, 3.63) is 53.7 Å². The molecule has 1 aliphatic carbocycles. The number of urea groups is 1. The van der Waals surface area contributed by atoms with Crippen LogP contribution in [0.4, 0.5) is 28.0 Å². The van der Waals surface area contributed by atoms with E-state index >= 15 is 0 Å². The number of nitrogens with one attached hydrogen (secondary N) is 1. The predicted molar refractivity (Wildman–Crippen MR) is 111 cm³/mol. The normalized spacial score (nSPS) is 24.0. The SMILES string of the molecule is Cc1noc(C23CC(C)CC(C2)N3C(=O)Nc2ccc(C(F)(F)F)c(-c3ncc(F)cn3)c2)n1. The first-order valence-corrected chi connectivity index (χ1v) is 10.7. The molecule has 2 bridgehead atoms. The second-order valence-corrected chi connectivity index (χ2v) is 8.86. The topological polar surface area (TPSA) is 97.0 Å². The van der Waals surface area contributed by atoms with Crippen LogP contribution in [0.2, 0.25) is 0 Å². The highest BCUT2D eigenvalue weighted by molar-refractivity contribution is 5.92. The summed E-state index contributed by atoms with van der Waals surface area (Å²) in [6.45, 7) is 3.78. The first-order valence-electron chi connectivity index (χ1n) is 10.7. The lowest BCUT2D eigenvalue weighted by Crippen LogP contribution is -2.70. The average molecular weight is 476 g/mol. The molecule has 3 heterocycles. The van der Waals surface area contributed by atoms with Crippen molar-refractivity contribution in [3.8, 4) is 11.4 Å². The number of anilines is 1. The third-order valence-corrected chi connectivity index (χ3v) is 6.34. The Morgan fingerprint density at radius 3 is 2.62 bits per heavy atom. The lowest BCUT2D eigenvalue weighted by molar-refractivity contribution is -0.137. The summed E-state index contributed by atoms with van der Waals surface area (Å²) < 4.78 is 59.4. The van der Waals surface area contributed by atoms with E-state index in [4.69, 9.17) is 4.52 Å². The van der Waals surface area contributed by atoms with Crippen molar-refractivity contribution >= 4 is 11.7 Å². The minimum Gasteiger partial charge on any atom is -0.337 e. The van der Waals surface area contributed by atoms with E-state index in [-0.39, 0.29) is 23.1 Å². The number of aromatic nitrogens is 4. The van der Waals surface area contributed by atoms with E-state index in [0.29, 0.717) is 30.5 Å². The lowest BCUT2D eigenvalue weighted by atomic mass is 9.64. The molecule has 12 heteroatoms. The first-order chi connectivity index (χ1) is 16.1. The number of hydrogen-bond acceptors (Lipinski definition) is 6. The van der Waals surface area contributed by atoms with Crippen LogP contribution in [0.3, 0.4) is 0 Å². The third-order valence-electron chi connectivity index (χ3n) is 6.34. The molecule has 2 aliphatic rings. The number of rotatable bonds is 3. The summed E-state index contributed by atoms with van der Waals surface area (Å²) in [5, 5.41) is 6.55. The molecule has 2 aromatic heterocycles. The van der Waals surface area contributed by atoms with Gasteiger partial charge < -0.3 is 14.7 Å². The van der Waals surface area contributed by atoms with Gasteiger partial charge in [-0.1, -0.05) is 12.1 Å². The van der Waals surface area contributed by atoms with Crippen molar-refractivity contribution in [1.29, 1.82) is 0 Å². The maximum absolute atomic E-state index is 13.6. The Labute approximate surface area is 191 Å².